The second-order valence-electron chi connectivity index (χ2n) is 4.02. The van der Waals surface area contributed by atoms with E-state index in [2.05, 4.69) is 0 Å². The molecule has 2 bridgehead atoms. The molecule has 3 aliphatic heterocycles. The Kier molecular flexibility index (Phi) is 1.29. The predicted molar refractivity (Wildman–Crippen MR) is 52.2 cm³/mol. The molecule has 1 aromatic rings. The highest BCUT2D eigenvalue weighted by molar-refractivity contribution is 5.92. The quantitative estimate of drug-likeness (QED) is 0.626. The van der Waals surface area contributed by atoms with Gasteiger partial charge in [-0.1, -0.05) is 18.2 Å². The van der Waals surface area contributed by atoms with Crippen molar-refractivity contribution in [3.05, 3.63) is 29.8 Å². The van der Waals surface area contributed by atoms with Crippen LogP contribution >= 0.6 is 0 Å². The van der Waals surface area contributed by atoms with Crippen LogP contribution in [0.5, 0.6) is 0 Å². The van der Waals surface area contributed by atoms with Crippen molar-refractivity contribution in [3.8, 4) is 0 Å². The van der Waals surface area contributed by atoms with Crippen LogP contribution in [-0.4, -0.2) is 12.6 Å². The third kappa shape index (κ3) is 0.794. The number of amides is 1. The zero-order valence-electron chi connectivity index (χ0n) is 7.99. The molecule has 1 unspecified atom stereocenters. The lowest BCUT2D eigenvalue weighted by Crippen LogP contribution is -2.52. The molecular formula is C11H11NO2. The minimum absolute atomic E-state index is 0.211. The summed E-state index contributed by atoms with van der Waals surface area (Å²) in [6.45, 7) is 2.76. The third-order valence-corrected chi connectivity index (χ3v) is 3.11. The highest BCUT2D eigenvalue weighted by Gasteiger charge is 2.46. The van der Waals surface area contributed by atoms with E-state index < -0.39 is 5.60 Å². The van der Waals surface area contributed by atoms with Crippen molar-refractivity contribution < 1.29 is 9.53 Å². The summed E-state index contributed by atoms with van der Waals surface area (Å²) >= 11 is 0. The molecule has 1 fully saturated rings. The van der Waals surface area contributed by atoms with Gasteiger partial charge in [-0.3, -0.25) is 4.90 Å². The molecule has 3 heterocycles. The van der Waals surface area contributed by atoms with Gasteiger partial charge >= 0.3 is 6.09 Å². The van der Waals surface area contributed by atoms with Crippen molar-refractivity contribution in [2.75, 3.05) is 11.4 Å². The van der Waals surface area contributed by atoms with Crippen molar-refractivity contribution in [2.24, 2.45) is 0 Å². The van der Waals surface area contributed by atoms with E-state index in [0.717, 1.165) is 24.2 Å². The lowest BCUT2D eigenvalue weighted by Gasteiger charge is -2.46. The fourth-order valence-electron chi connectivity index (χ4n) is 2.28. The van der Waals surface area contributed by atoms with Gasteiger partial charge in [0.25, 0.3) is 0 Å². The van der Waals surface area contributed by atoms with Crippen molar-refractivity contribution in [1.82, 2.24) is 0 Å². The summed E-state index contributed by atoms with van der Waals surface area (Å²) in [5.41, 5.74) is 1.74. The van der Waals surface area contributed by atoms with Crippen molar-refractivity contribution in [2.45, 2.75) is 18.9 Å². The number of carbonyl (C=O) groups excluding carboxylic acids is 1. The second-order valence-corrected chi connectivity index (χ2v) is 4.02. The maximum Gasteiger partial charge on any atom is 0.415 e. The van der Waals surface area contributed by atoms with Crippen LogP contribution in [0.15, 0.2) is 24.3 Å². The molecule has 0 aliphatic carbocycles. The van der Waals surface area contributed by atoms with E-state index in [-0.39, 0.29) is 6.09 Å². The molecule has 0 aromatic heterocycles. The second kappa shape index (κ2) is 2.29. The number of carbonyl (C=O) groups is 1. The van der Waals surface area contributed by atoms with E-state index >= 15 is 0 Å². The first kappa shape index (κ1) is 7.85. The van der Waals surface area contributed by atoms with E-state index in [0.29, 0.717) is 0 Å². The first-order valence-electron chi connectivity index (χ1n) is 4.81. The third-order valence-electron chi connectivity index (χ3n) is 3.11. The van der Waals surface area contributed by atoms with Crippen LogP contribution in [0.25, 0.3) is 0 Å². The fourth-order valence-corrected chi connectivity index (χ4v) is 2.28. The topological polar surface area (TPSA) is 29.5 Å². The molecule has 1 atom stereocenters. The maximum absolute atomic E-state index is 11.5. The van der Waals surface area contributed by atoms with Crippen molar-refractivity contribution >= 4 is 11.8 Å². The number of ether oxygens (including phenoxy) is 1. The Balaban J connectivity index is 2.27. The molecule has 4 rings (SSSR count). The Morgan fingerprint density at radius 2 is 2.21 bits per heavy atom. The molecule has 1 saturated heterocycles. The molecule has 0 spiro atoms. The SMILES string of the molecule is CC12CCN(C(=O)O1)c1ccccc12. The summed E-state index contributed by atoms with van der Waals surface area (Å²) in [4.78, 5) is 13.2. The Hall–Kier alpha value is -1.51. The lowest BCUT2D eigenvalue weighted by atomic mass is 9.85. The summed E-state index contributed by atoms with van der Waals surface area (Å²) in [6, 6.07) is 7.96. The van der Waals surface area contributed by atoms with Gasteiger partial charge < -0.3 is 4.74 Å². The zero-order valence-corrected chi connectivity index (χ0v) is 7.99. The zero-order chi connectivity index (χ0) is 9.76. The molecule has 3 nitrogen and oxygen atoms in total. The number of fused-ring (bicyclic) bond motifs is 2. The van der Waals surface area contributed by atoms with Crippen LogP contribution < -0.4 is 4.90 Å². The number of anilines is 1. The minimum atomic E-state index is -0.400. The van der Waals surface area contributed by atoms with Crippen LogP contribution in [0.1, 0.15) is 18.9 Å². The summed E-state index contributed by atoms with van der Waals surface area (Å²) in [5.74, 6) is 0. The number of hydrogen-bond acceptors (Lipinski definition) is 2. The van der Waals surface area contributed by atoms with Crippen molar-refractivity contribution in [3.63, 3.8) is 0 Å². The summed E-state index contributed by atoms with van der Waals surface area (Å²) in [5, 5.41) is 0. The molecule has 14 heavy (non-hydrogen) atoms. The Morgan fingerprint density at radius 3 is 3.00 bits per heavy atom. The number of benzene rings is 1. The molecule has 72 valence electrons. The van der Waals surface area contributed by atoms with Crippen LogP contribution in [0.3, 0.4) is 0 Å². The predicted octanol–water partition coefficient (Wildman–Crippen LogP) is 2.26. The molecule has 0 radical (unpaired) electrons. The highest BCUT2D eigenvalue weighted by atomic mass is 16.6. The number of para-hydroxylation sites is 1. The minimum Gasteiger partial charge on any atom is -0.438 e. The fraction of sp³-hybridized carbons (Fsp3) is 0.364. The van der Waals surface area contributed by atoms with Gasteiger partial charge in [0, 0.05) is 18.5 Å². The lowest BCUT2D eigenvalue weighted by molar-refractivity contribution is -0.00269. The normalized spacial score (nSPS) is 28.6. The van der Waals surface area contributed by atoms with Gasteiger partial charge in [0.2, 0.25) is 0 Å². The van der Waals surface area contributed by atoms with Crippen LogP contribution in [0, 0.1) is 0 Å². The average Bonchev–Trinajstić information content (AvgIpc) is 2.18. The van der Waals surface area contributed by atoms with E-state index in [1.807, 2.05) is 31.2 Å². The standard InChI is InChI=1S/C11H11NO2/c1-11-6-7-12(10(13)14-11)9-5-3-2-4-8(9)11/h2-5H,6-7H2,1H3. The summed E-state index contributed by atoms with van der Waals surface area (Å²) in [6.07, 6.45) is 0.674. The smallest absolute Gasteiger partial charge is 0.415 e. The molecule has 3 aliphatic rings. The highest BCUT2D eigenvalue weighted by Crippen LogP contribution is 2.45. The number of rotatable bonds is 0. The van der Waals surface area contributed by atoms with E-state index in [9.17, 15) is 4.79 Å². The van der Waals surface area contributed by atoms with Gasteiger partial charge in [-0.25, -0.2) is 4.79 Å². The van der Waals surface area contributed by atoms with E-state index in [4.69, 9.17) is 4.74 Å². The first-order chi connectivity index (χ1) is 6.71. The monoisotopic (exact) mass is 189 g/mol. The number of hydrogen-bond donors (Lipinski definition) is 0. The summed E-state index contributed by atoms with van der Waals surface area (Å²) in [7, 11) is 0. The van der Waals surface area contributed by atoms with E-state index in [1.54, 1.807) is 4.90 Å². The van der Waals surface area contributed by atoms with Gasteiger partial charge in [-0.2, -0.15) is 0 Å². The molecule has 1 aromatic carbocycles. The molecule has 0 N–H and O–H groups in total. The molecule has 1 amide bonds. The van der Waals surface area contributed by atoms with Gasteiger partial charge in [0.15, 0.2) is 0 Å². The van der Waals surface area contributed by atoms with Gasteiger partial charge in [-0.15, -0.1) is 0 Å². The van der Waals surface area contributed by atoms with Gasteiger partial charge in [0.1, 0.15) is 5.60 Å². The first-order valence-corrected chi connectivity index (χ1v) is 4.81. The van der Waals surface area contributed by atoms with Crippen molar-refractivity contribution in [1.29, 1.82) is 0 Å². The van der Waals surface area contributed by atoms with Gasteiger partial charge in [-0.05, 0) is 13.0 Å². The van der Waals surface area contributed by atoms with E-state index in [1.165, 1.54) is 0 Å². The average molecular weight is 189 g/mol. The maximum atomic E-state index is 11.5. The molecule has 0 saturated carbocycles. The van der Waals surface area contributed by atoms with Crippen LogP contribution in [0.2, 0.25) is 0 Å². The Bertz CT molecular complexity index is 416. The summed E-state index contributed by atoms with van der Waals surface area (Å²) < 4.78 is 5.39. The Labute approximate surface area is 82.3 Å². The van der Waals surface area contributed by atoms with Crippen LogP contribution in [-0.2, 0) is 10.3 Å². The van der Waals surface area contributed by atoms with Gasteiger partial charge in [0.05, 0.1) is 5.69 Å². The largest absolute Gasteiger partial charge is 0.438 e. The van der Waals surface area contributed by atoms with Crippen LogP contribution in [0.4, 0.5) is 10.5 Å². The number of nitrogens with zero attached hydrogens (tertiary/aromatic N) is 1. The molecular weight excluding hydrogens is 178 g/mol. The Morgan fingerprint density at radius 1 is 1.43 bits per heavy atom. The molecule has 3 heteroatoms.